The third kappa shape index (κ3) is 4.82. The van der Waals surface area contributed by atoms with Crippen molar-refractivity contribution < 1.29 is 9.53 Å². The van der Waals surface area contributed by atoms with Crippen molar-refractivity contribution >= 4 is 30.7 Å². The van der Waals surface area contributed by atoms with Gasteiger partial charge in [-0.1, -0.05) is 0 Å². The van der Waals surface area contributed by atoms with E-state index < -0.39 is 0 Å². The van der Waals surface area contributed by atoms with Crippen LogP contribution in [0.5, 0.6) is 11.5 Å². The molecule has 5 nitrogen and oxygen atoms in total. The number of amides is 1. The number of rotatable bonds is 3. The molecule has 0 bridgehead atoms. The van der Waals surface area contributed by atoms with Gasteiger partial charge in [-0.15, -0.1) is 24.8 Å². The first kappa shape index (κ1) is 19.2. The minimum absolute atomic E-state index is 0. The van der Waals surface area contributed by atoms with Crippen molar-refractivity contribution in [1.82, 2.24) is 9.88 Å². The highest BCUT2D eigenvalue weighted by Crippen LogP contribution is 2.21. The van der Waals surface area contributed by atoms with E-state index in [0.717, 1.165) is 13.0 Å². The van der Waals surface area contributed by atoms with Gasteiger partial charge in [0.1, 0.15) is 11.5 Å². The molecule has 1 aromatic heterocycles. The van der Waals surface area contributed by atoms with Gasteiger partial charge >= 0.3 is 0 Å². The topological polar surface area (TPSA) is 68.5 Å². The molecule has 0 aliphatic carbocycles. The Morgan fingerprint density at radius 2 is 1.91 bits per heavy atom. The molecular formula is C16H19Cl2N3O2. The van der Waals surface area contributed by atoms with Gasteiger partial charge in [-0.05, 0) is 42.8 Å². The largest absolute Gasteiger partial charge is 0.456 e. The van der Waals surface area contributed by atoms with Gasteiger partial charge in [-0.3, -0.25) is 9.78 Å². The van der Waals surface area contributed by atoms with Crippen molar-refractivity contribution in [1.29, 1.82) is 0 Å². The minimum Gasteiger partial charge on any atom is -0.456 e. The number of nitrogens with zero attached hydrogens (tertiary/aromatic N) is 2. The molecule has 1 aromatic carbocycles. The molecular weight excluding hydrogens is 337 g/mol. The number of hydrogen-bond acceptors (Lipinski definition) is 4. The lowest BCUT2D eigenvalue weighted by molar-refractivity contribution is 0.0791. The van der Waals surface area contributed by atoms with Gasteiger partial charge in [-0.2, -0.15) is 0 Å². The molecule has 0 saturated carbocycles. The van der Waals surface area contributed by atoms with Gasteiger partial charge in [0.25, 0.3) is 5.91 Å². The van der Waals surface area contributed by atoms with Crippen LogP contribution in [-0.4, -0.2) is 34.9 Å². The second-order valence-corrected chi connectivity index (χ2v) is 5.12. The Kier molecular flexibility index (Phi) is 7.29. The number of ether oxygens (including phenoxy) is 1. The molecule has 2 heterocycles. The first-order valence-electron chi connectivity index (χ1n) is 6.95. The second kappa shape index (κ2) is 8.72. The van der Waals surface area contributed by atoms with Crippen LogP contribution < -0.4 is 10.5 Å². The Morgan fingerprint density at radius 3 is 2.48 bits per heavy atom. The predicted octanol–water partition coefficient (Wildman–Crippen LogP) is 2.89. The summed E-state index contributed by atoms with van der Waals surface area (Å²) in [5, 5.41) is 0. The lowest BCUT2D eigenvalue weighted by Crippen LogP contribution is -2.31. The van der Waals surface area contributed by atoms with Crippen LogP contribution in [0.4, 0.5) is 0 Å². The van der Waals surface area contributed by atoms with Crippen LogP contribution >= 0.6 is 24.8 Å². The van der Waals surface area contributed by atoms with E-state index in [1.54, 1.807) is 41.6 Å². The average molecular weight is 356 g/mol. The molecule has 2 aromatic rings. The van der Waals surface area contributed by atoms with Crippen LogP contribution in [0.25, 0.3) is 0 Å². The standard InChI is InChI=1S/C16H17N3O2.2ClH/c17-13-7-9-19(11-13)16(20)12-3-5-14(6-4-12)21-15-2-1-8-18-10-15;;/h1-6,8,10,13H,7,9,11,17H2;2*1H/t13-;;/m1../s1. The maximum Gasteiger partial charge on any atom is 0.253 e. The Balaban J connectivity index is 0.00000132. The smallest absolute Gasteiger partial charge is 0.253 e. The highest BCUT2D eigenvalue weighted by Gasteiger charge is 2.24. The summed E-state index contributed by atoms with van der Waals surface area (Å²) >= 11 is 0. The van der Waals surface area contributed by atoms with Gasteiger partial charge in [0.2, 0.25) is 0 Å². The molecule has 2 N–H and O–H groups in total. The van der Waals surface area contributed by atoms with E-state index >= 15 is 0 Å². The summed E-state index contributed by atoms with van der Waals surface area (Å²) in [6.45, 7) is 1.36. The molecule has 1 amide bonds. The molecule has 1 aliphatic rings. The van der Waals surface area contributed by atoms with Crippen LogP contribution in [0.3, 0.4) is 0 Å². The molecule has 0 radical (unpaired) electrons. The third-order valence-corrected chi connectivity index (χ3v) is 3.48. The zero-order chi connectivity index (χ0) is 14.7. The first-order valence-corrected chi connectivity index (χ1v) is 6.95. The zero-order valence-electron chi connectivity index (χ0n) is 12.4. The minimum atomic E-state index is 0. The summed E-state index contributed by atoms with van der Waals surface area (Å²) in [5.74, 6) is 1.37. The zero-order valence-corrected chi connectivity index (χ0v) is 14.1. The Hall–Kier alpha value is -1.82. The second-order valence-electron chi connectivity index (χ2n) is 5.12. The van der Waals surface area contributed by atoms with E-state index in [4.69, 9.17) is 10.5 Å². The molecule has 1 atom stereocenters. The van der Waals surface area contributed by atoms with Crippen LogP contribution in [0.1, 0.15) is 16.8 Å². The Labute approximate surface area is 147 Å². The fraction of sp³-hybridized carbons (Fsp3) is 0.250. The SMILES string of the molecule is Cl.Cl.N[C@@H]1CCN(C(=O)c2ccc(Oc3cccnc3)cc2)C1. The number of aromatic nitrogens is 1. The van der Waals surface area contributed by atoms with Crippen LogP contribution in [0.2, 0.25) is 0 Å². The highest BCUT2D eigenvalue weighted by atomic mass is 35.5. The summed E-state index contributed by atoms with van der Waals surface area (Å²) in [5.41, 5.74) is 6.49. The molecule has 7 heteroatoms. The third-order valence-electron chi connectivity index (χ3n) is 3.48. The van der Waals surface area contributed by atoms with Crippen molar-refractivity contribution in [2.24, 2.45) is 5.73 Å². The molecule has 3 rings (SSSR count). The summed E-state index contributed by atoms with van der Waals surface area (Å²) in [4.78, 5) is 18.1. The summed E-state index contributed by atoms with van der Waals surface area (Å²) in [6.07, 6.45) is 4.20. The Morgan fingerprint density at radius 1 is 1.17 bits per heavy atom. The van der Waals surface area contributed by atoms with Crippen molar-refractivity contribution in [3.05, 3.63) is 54.4 Å². The van der Waals surface area contributed by atoms with Crippen molar-refractivity contribution in [3.63, 3.8) is 0 Å². The lowest BCUT2D eigenvalue weighted by atomic mass is 10.2. The quantitative estimate of drug-likeness (QED) is 0.918. The summed E-state index contributed by atoms with van der Waals surface area (Å²) in [6, 6.07) is 10.9. The van der Waals surface area contributed by atoms with Crippen LogP contribution in [-0.2, 0) is 0 Å². The normalized spacial score (nSPS) is 16.2. The van der Waals surface area contributed by atoms with E-state index in [2.05, 4.69) is 4.98 Å². The van der Waals surface area contributed by atoms with E-state index in [-0.39, 0.29) is 36.8 Å². The Bertz CT molecular complexity index is 623. The maximum absolute atomic E-state index is 12.3. The maximum atomic E-state index is 12.3. The van der Waals surface area contributed by atoms with E-state index in [1.807, 2.05) is 12.1 Å². The fourth-order valence-electron chi connectivity index (χ4n) is 2.36. The van der Waals surface area contributed by atoms with Crippen molar-refractivity contribution in [3.8, 4) is 11.5 Å². The van der Waals surface area contributed by atoms with Crippen molar-refractivity contribution in [2.75, 3.05) is 13.1 Å². The molecule has 1 saturated heterocycles. The number of carbonyl (C=O) groups is 1. The summed E-state index contributed by atoms with van der Waals surface area (Å²) < 4.78 is 5.65. The fourth-order valence-corrected chi connectivity index (χ4v) is 2.36. The number of nitrogens with two attached hydrogens (primary N) is 1. The van der Waals surface area contributed by atoms with Gasteiger partial charge < -0.3 is 15.4 Å². The molecule has 1 aliphatic heterocycles. The van der Waals surface area contributed by atoms with Gasteiger partial charge in [0.05, 0.1) is 6.20 Å². The number of benzene rings is 1. The molecule has 0 spiro atoms. The van der Waals surface area contributed by atoms with E-state index in [9.17, 15) is 4.79 Å². The van der Waals surface area contributed by atoms with Gasteiger partial charge in [-0.25, -0.2) is 0 Å². The average Bonchev–Trinajstić information content (AvgIpc) is 2.95. The first-order chi connectivity index (χ1) is 10.2. The van der Waals surface area contributed by atoms with Crippen molar-refractivity contribution in [2.45, 2.75) is 12.5 Å². The molecule has 124 valence electrons. The molecule has 23 heavy (non-hydrogen) atoms. The number of pyridine rings is 1. The van der Waals surface area contributed by atoms with Gasteiger partial charge in [0, 0.05) is 30.9 Å². The predicted molar refractivity (Wildman–Crippen MR) is 93.7 cm³/mol. The molecule has 1 fully saturated rings. The molecule has 0 unspecified atom stereocenters. The van der Waals surface area contributed by atoms with Crippen LogP contribution in [0.15, 0.2) is 48.8 Å². The summed E-state index contributed by atoms with van der Waals surface area (Å²) in [7, 11) is 0. The van der Waals surface area contributed by atoms with E-state index in [1.165, 1.54) is 0 Å². The highest BCUT2D eigenvalue weighted by molar-refractivity contribution is 5.94. The lowest BCUT2D eigenvalue weighted by Gasteiger charge is -2.16. The van der Waals surface area contributed by atoms with E-state index in [0.29, 0.717) is 23.6 Å². The number of hydrogen-bond donors (Lipinski definition) is 1. The van der Waals surface area contributed by atoms with Gasteiger partial charge in [0.15, 0.2) is 0 Å². The number of likely N-dealkylation sites (tertiary alicyclic amines) is 1. The number of carbonyl (C=O) groups excluding carboxylic acids is 1. The monoisotopic (exact) mass is 355 g/mol. The number of halogens is 2. The van der Waals surface area contributed by atoms with Crippen LogP contribution in [0, 0.1) is 0 Å².